The van der Waals surface area contributed by atoms with Crippen molar-refractivity contribution in [1.82, 2.24) is 0 Å². The van der Waals surface area contributed by atoms with E-state index < -0.39 is 5.97 Å². The summed E-state index contributed by atoms with van der Waals surface area (Å²) in [5.74, 6) is -0.659. The molecule has 0 radical (unpaired) electrons. The summed E-state index contributed by atoms with van der Waals surface area (Å²) in [5, 5.41) is 0. The fourth-order valence-corrected chi connectivity index (χ4v) is 2.43. The fourth-order valence-electron chi connectivity index (χ4n) is 2.43. The van der Waals surface area contributed by atoms with Crippen LogP contribution >= 0.6 is 0 Å². The van der Waals surface area contributed by atoms with Gasteiger partial charge in [-0.1, -0.05) is 52.4 Å². The molecule has 3 nitrogen and oxygen atoms in total. The molecule has 0 spiro atoms. The van der Waals surface area contributed by atoms with Crippen LogP contribution in [-0.4, -0.2) is 26.3 Å². The van der Waals surface area contributed by atoms with E-state index in [1.54, 1.807) is 14.2 Å². The fraction of sp³-hybridized carbons (Fsp3) is 1.00. The zero-order chi connectivity index (χ0) is 14.7. The summed E-state index contributed by atoms with van der Waals surface area (Å²) in [7, 11) is 3.31. The molecule has 1 unspecified atom stereocenters. The maximum absolute atomic E-state index is 5.85. The molecule has 0 aromatic rings. The number of hydrogen-bond acceptors (Lipinski definition) is 3. The molecule has 0 heterocycles. The van der Waals surface area contributed by atoms with Crippen molar-refractivity contribution in [3.8, 4) is 0 Å². The third-order valence-electron chi connectivity index (χ3n) is 3.56. The van der Waals surface area contributed by atoms with Crippen LogP contribution in [0.5, 0.6) is 0 Å². The first-order valence-electron chi connectivity index (χ1n) is 7.80. The SMILES string of the molecule is CCCCCCCCC(C)C(OC)(OC)OC(C)C. The third-order valence-corrected chi connectivity index (χ3v) is 3.56. The van der Waals surface area contributed by atoms with Gasteiger partial charge in [-0.15, -0.1) is 0 Å². The Morgan fingerprint density at radius 2 is 1.37 bits per heavy atom. The highest BCUT2D eigenvalue weighted by Crippen LogP contribution is 2.30. The Kier molecular flexibility index (Phi) is 10.6. The molecule has 0 saturated heterocycles. The van der Waals surface area contributed by atoms with Crippen molar-refractivity contribution in [3.05, 3.63) is 0 Å². The Bertz CT molecular complexity index is 200. The largest absolute Gasteiger partial charge is 0.331 e. The molecule has 0 bridgehead atoms. The summed E-state index contributed by atoms with van der Waals surface area (Å²) in [6, 6.07) is 0. The van der Waals surface area contributed by atoms with Gasteiger partial charge in [-0.05, 0) is 20.3 Å². The Hall–Kier alpha value is -0.120. The highest BCUT2D eigenvalue weighted by molar-refractivity contribution is 4.68. The van der Waals surface area contributed by atoms with E-state index in [2.05, 4.69) is 13.8 Å². The van der Waals surface area contributed by atoms with Crippen molar-refractivity contribution in [2.75, 3.05) is 14.2 Å². The lowest BCUT2D eigenvalue weighted by Gasteiger charge is -2.37. The number of hydrogen-bond donors (Lipinski definition) is 0. The minimum absolute atomic E-state index is 0.0897. The Balaban J connectivity index is 4.07. The minimum atomic E-state index is -0.891. The normalized spacial score (nSPS) is 14.1. The minimum Gasteiger partial charge on any atom is -0.331 e. The van der Waals surface area contributed by atoms with Gasteiger partial charge in [-0.25, -0.2) is 0 Å². The van der Waals surface area contributed by atoms with Crippen LogP contribution in [0, 0.1) is 5.92 Å². The van der Waals surface area contributed by atoms with Crippen molar-refractivity contribution >= 4 is 0 Å². The van der Waals surface area contributed by atoms with E-state index in [4.69, 9.17) is 14.2 Å². The predicted octanol–water partition coefficient (Wildman–Crippen LogP) is 4.74. The average Bonchev–Trinajstić information content (AvgIpc) is 2.39. The molecule has 0 aliphatic rings. The summed E-state index contributed by atoms with van der Waals surface area (Å²) in [4.78, 5) is 0. The van der Waals surface area contributed by atoms with Crippen LogP contribution in [0.4, 0.5) is 0 Å². The first kappa shape index (κ1) is 18.9. The van der Waals surface area contributed by atoms with Gasteiger partial charge < -0.3 is 14.2 Å². The van der Waals surface area contributed by atoms with Crippen molar-refractivity contribution in [2.45, 2.75) is 84.7 Å². The smallest absolute Gasteiger partial charge is 0.285 e. The number of rotatable bonds is 12. The lowest BCUT2D eigenvalue weighted by atomic mass is 9.99. The molecule has 0 fully saturated rings. The van der Waals surface area contributed by atoms with Crippen LogP contribution in [0.2, 0.25) is 0 Å². The number of methoxy groups -OCH3 is 2. The molecule has 0 aliphatic heterocycles. The van der Waals surface area contributed by atoms with Gasteiger partial charge in [0.2, 0.25) is 0 Å². The van der Waals surface area contributed by atoms with Gasteiger partial charge in [0.25, 0.3) is 5.97 Å². The van der Waals surface area contributed by atoms with Crippen molar-refractivity contribution in [3.63, 3.8) is 0 Å². The van der Waals surface area contributed by atoms with Gasteiger partial charge in [-0.2, -0.15) is 0 Å². The topological polar surface area (TPSA) is 27.7 Å². The van der Waals surface area contributed by atoms with E-state index in [0.29, 0.717) is 0 Å². The summed E-state index contributed by atoms with van der Waals surface area (Å²) >= 11 is 0. The van der Waals surface area contributed by atoms with Crippen LogP contribution in [0.25, 0.3) is 0 Å². The van der Waals surface area contributed by atoms with Gasteiger partial charge in [-0.3, -0.25) is 0 Å². The Morgan fingerprint density at radius 3 is 1.84 bits per heavy atom. The van der Waals surface area contributed by atoms with Crippen LogP contribution in [0.15, 0.2) is 0 Å². The van der Waals surface area contributed by atoms with Crippen molar-refractivity contribution in [2.24, 2.45) is 5.92 Å². The maximum Gasteiger partial charge on any atom is 0.285 e. The standard InChI is InChI=1S/C16H34O3/c1-7-8-9-10-11-12-13-15(4)16(17-5,18-6)19-14(2)3/h14-15H,7-13H2,1-6H3. The monoisotopic (exact) mass is 274 g/mol. The van der Waals surface area contributed by atoms with Crippen LogP contribution < -0.4 is 0 Å². The zero-order valence-corrected chi connectivity index (χ0v) is 13.8. The van der Waals surface area contributed by atoms with Gasteiger partial charge in [0.1, 0.15) is 0 Å². The van der Waals surface area contributed by atoms with Gasteiger partial charge in [0.05, 0.1) is 6.10 Å². The highest BCUT2D eigenvalue weighted by Gasteiger charge is 2.38. The van der Waals surface area contributed by atoms with Gasteiger partial charge >= 0.3 is 0 Å². The molecule has 19 heavy (non-hydrogen) atoms. The molecule has 0 N–H and O–H groups in total. The number of unbranched alkanes of at least 4 members (excludes halogenated alkanes) is 5. The quantitative estimate of drug-likeness (QED) is 0.380. The van der Waals surface area contributed by atoms with E-state index in [1.807, 2.05) is 13.8 Å². The summed E-state index contributed by atoms with van der Waals surface area (Å²) in [6.45, 7) is 8.40. The van der Waals surface area contributed by atoms with E-state index in [9.17, 15) is 0 Å². The van der Waals surface area contributed by atoms with Crippen molar-refractivity contribution in [1.29, 1.82) is 0 Å². The highest BCUT2D eigenvalue weighted by atomic mass is 16.9. The molecule has 1 atom stereocenters. The van der Waals surface area contributed by atoms with E-state index >= 15 is 0 Å². The second-order valence-corrected chi connectivity index (χ2v) is 5.64. The van der Waals surface area contributed by atoms with E-state index in [-0.39, 0.29) is 12.0 Å². The average molecular weight is 274 g/mol. The zero-order valence-electron chi connectivity index (χ0n) is 13.8. The molecule has 0 amide bonds. The molecular weight excluding hydrogens is 240 g/mol. The van der Waals surface area contributed by atoms with Gasteiger partial charge in [0, 0.05) is 20.1 Å². The van der Waals surface area contributed by atoms with Crippen LogP contribution in [0.3, 0.4) is 0 Å². The van der Waals surface area contributed by atoms with Crippen LogP contribution in [-0.2, 0) is 14.2 Å². The molecular formula is C16H34O3. The first-order chi connectivity index (χ1) is 9.02. The van der Waals surface area contributed by atoms with Gasteiger partial charge in [0.15, 0.2) is 0 Å². The maximum atomic E-state index is 5.85. The third kappa shape index (κ3) is 7.28. The molecule has 0 aromatic carbocycles. The van der Waals surface area contributed by atoms with E-state index in [1.165, 1.54) is 38.5 Å². The summed E-state index contributed by atoms with van der Waals surface area (Å²) < 4.78 is 16.9. The molecule has 0 saturated carbocycles. The number of ether oxygens (including phenoxy) is 3. The lowest BCUT2D eigenvalue weighted by molar-refractivity contribution is -0.396. The summed E-state index contributed by atoms with van der Waals surface area (Å²) in [6.07, 6.45) is 9.00. The summed E-state index contributed by atoms with van der Waals surface area (Å²) in [5.41, 5.74) is 0. The molecule has 0 aliphatic carbocycles. The Morgan fingerprint density at radius 1 is 0.842 bits per heavy atom. The van der Waals surface area contributed by atoms with Crippen molar-refractivity contribution < 1.29 is 14.2 Å². The second kappa shape index (κ2) is 10.6. The molecule has 0 rings (SSSR count). The first-order valence-corrected chi connectivity index (χ1v) is 7.80. The lowest BCUT2D eigenvalue weighted by Crippen LogP contribution is -2.45. The molecule has 116 valence electrons. The molecule has 0 aromatic heterocycles. The Labute approximate surface area is 120 Å². The predicted molar refractivity (Wildman–Crippen MR) is 80.1 cm³/mol. The molecule has 3 heteroatoms. The second-order valence-electron chi connectivity index (χ2n) is 5.64. The van der Waals surface area contributed by atoms with Crippen LogP contribution in [0.1, 0.15) is 72.6 Å². The van der Waals surface area contributed by atoms with E-state index in [0.717, 1.165) is 6.42 Å².